The maximum atomic E-state index is 3.63. The van der Waals surface area contributed by atoms with Gasteiger partial charge in [-0.25, -0.2) is 0 Å². The summed E-state index contributed by atoms with van der Waals surface area (Å²) in [4.78, 5) is 0. The molecule has 0 bridgehead atoms. The van der Waals surface area contributed by atoms with Crippen molar-refractivity contribution < 1.29 is 0 Å². The molecule has 0 aliphatic heterocycles. The first kappa shape index (κ1) is 10.7. The first-order valence-corrected chi connectivity index (χ1v) is 6.86. The van der Waals surface area contributed by atoms with Gasteiger partial charge >= 0.3 is 0 Å². The van der Waals surface area contributed by atoms with Crippen molar-refractivity contribution in [2.24, 2.45) is 5.41 Å². The van der Waals surface area contributed by atoms with Gasteiger partial charge in [-0.2, -0.15) is 11.3 Å². The van der Waals surface area contributed by atoms with E-state index in [1.165, 1.54) is 22.9 Å². The fourth-order valence-electron chi connectivity index (χ4n) is 1.92. The normalized spacial score (nSPS) is 20.8. The predicted octanol–water partition coefficient (Wildman–Crippen LogP) is 3.96. The fourth-order valence-corrected chi connectivity index (χ4v) is 3.47. The van der Waals surface area contributed by atoms with E-state index in [0.717, 1.165) is 6.54 Å². The minimum absolute atomic E-state index is 0.500. The molecule has 78 valence electrons. The third-order valence-corrected chi connectivity index (χ3v) is 4.85. The smallest absolute Gasteiger partial charge is 0.0394 e. The molecule has 0 amide bonds. The largest absolute Gasteiger partial charge is 0.310 e. The molecule has 1 aliphatic carbocycles. The molecule has 1 atom stereocenters. The molecule has 2 rings (SSSR count). The van der Waals surface area contributed by atoms with Crippen LogP contribution in [0.25, 0.3) is 0 Å². The highest BCUT2D eigenvalue weighted by molar-refractivity contribution is 9.10. The van der Waals surface area contributed by atoms with E-state index in [9.17, 15) is 0 Å². The molecule has 1 N–H and O–H groups in total. The maximum absolute atomic E-state index is 3.63. The van der Waals surface area contributed by atoms with E-state index in [1.54, 1.807) is 11.3 Å². The topological polar surface area (TPSA) is 12.0 Å². The van der Waals surface area contributed by atoms with Crippen LogP contribution in [0.5, 0.6) is 0 Å². The highest BCUT2D eigenvalue weighted by Crippen LogP contribution is 2.55. The molecule has 1 unspecified atom stereocenters. The summed E-state index contributed by atoms with van der Waals surface area (Å²) < 4.78 is 1.27. The minimum atomic E-state index is 0.500. The summed E-state index contributed by atoms with van der Waals surface area (Å²) in [6.45, 7) is 5.60. The lowest BCUT2D eigenvalue weighted by molar-refractivity contribution is 0.373. The molecule has 3 heteroatoms. The molecule has 1 aromatic heterocycles. The number of rotatable bonds is 4. The average Bonchev–Trinajstić information content (AvgIpc) is 2.75. The molecule has 14 heavy (non-hydrogen) atoms. The van der Waals surface area contributed by atoms with E-state index in [1.807, 2.05) is 0 Å². The van der Waals surface area contributed by atoms with Gasteiger partial charge in [0.2, 0.25) is 0 Å². The first-order valence-electron chi connectivity index (χ1n) is 5.12. The van der Waals surface area contributed by atoms with Crippen molar-refractivity contribution in [3.63, 3.8) is 0 Å². The summed E-state index contributed by atoms with van der Waals surface area (Å²) in [6, 6.07) is 0.535. The molecule has 1 saturated carbocycles. The zero-order valence-electron chi connectivity index (χ0n) is 8.64. The second-order valence-corrected chi connectivity index (χ2v) is 5.92. The monoisotopic (exact) mass is 273 g/mol. The SMILES string of the molecule is CCNC(c1cscc1Br)C1(C)CC1. The van der Waals surface area contributed by atoms with Gasteiger partial charge in [0.1, 0.15) is 0 Å². The maximum Gasteiger partial charge on any atom is 0.0394 e. The van der Waals surface area contributed by atoms with Crippen LogP contribution in [0.2, 0.25) is 0 Å². The lowest BCUT2D eigenvalue weighted by atomic mass is 9.94. The van der Waals surface area contributed by atoms with Crippen LogP contribution in [0.4, 0.5) is 0 Å². The van der Waals surface area contributed by atoms with Crippen molar-refractivity contribution in [2.75, 3.05) is 6.54 Å². The number of hydrogen-bond donors (Lipinski definition) is 1. The van der Waals surface area contributed by atoms with Crippen LogP contribution in [0.3, 0.4) is 0 Å². The van der Waals surface area contributed by atoms with Crippen molar-refractivity contribution >= 4 is 27.3 Å². The second kappa shape index (κ2) is 3.95. The van der Waals surface area contributed by atoms with Crippen molar-refractivity contribution in [1.29, 1.82) is 0 Å². The first-order chi connectivity index (χ1) is 6.67. The number of nitrogens with one attached hydrogen (secondary N) is 1. The van der Waals surface area contributed by atoms with Crippen LogP contribution in [0.1, 0.15) is 38.3 Å². The van der Waals surface area contributed by atoms with Crippen molar-refractivity contribution in [2.45, 2.75) is 32.7 Å². The Kier molecular flexibility index (Phi) is 3.01. The van der Waals surface area contributed by atoms with Gasteiger partial charge < -0.3 is 5.32 Å². The molecule has 1 heterocycles. The van der Waals surface area contributed by atoms with E-state index < -0.39 is 0 Å². The molecule has 0 radical (unpaired) electrons. The molecule has 0 saturated heterocycles. The Bertz CT molecular complexity index is 317. The second-order valence-electron chi connectivity index (χ2n) is 4.32. The Hall–Kier alpha value is 0.140. The summed E-state index contributed by atoms with van der Waals surface area (Å²) in [5, 5.41) is 8.04. The Labute approximate surface area is 98.0 Å². The molecule has 1 nitrogen and oxygen atoms in total. The number of thiophene rings is 1. The lowest BCUT2D eigenvalue weighted by Crippen LogP contribution is -2.27. The summed E-state index contributed by atoms with van der Waals surface area (Å²) in [6.07, 6.45) is 2.71. The summed E-state index contributed by atoms with van der Waals surface area (Å²) in [5.41, 5.74) is 1.94. The molecular formula is C11H16BrNS. The van der Waals surface area contributed by atoms with Gasteiger partial charge in [-0.1, -0.05) is 13.8 Å². The number of hydrogen-bond acceptors (Lipinski definition) is 2. The highest BCUT2D eigenvalue weighted by Gasteiger charge is 2.45. The van der Waals surface area contributed by atoms with Gasteiger partial charge in [0, 0.05) is 15.9 Å². The summed E-state index contributed by atoms with van der Waals surface area (Å²) in [7, 11) is 0. The number of halogens is 1. The molecular weight excluding hydrogens is 258 g/mol. The van der Waals surface area contributed by atoms with Gasteiger partial charge in [0.25, 0.3) is 0 Å². The highest BCUT2D eigenvalue weighted by atomic mass is 79.9. The summed E-state index contributed by atoms with van der Waals surface area (Å²) in [5.74, 6) is 0. The Morgan fingerprint density at radius 1 is 1.57 bits per heavy atom. The Balaban J connectivity index is 2.23. The zero-order valence-corrected chi connectivity index (χ0v) is 11.0. The molecule has 0 aromatic carbocycles. The van der Waals surface area contributed by atoms with Crippen molar-refractivity contribution in [3.05, 3.63) is 20.8 Å². The lowest BCUT2D eigenvalue weighted by Gasteiger charge is -2.24. The summed E-state index contributed by atoms with van der Waals surface area (Å²) >= 11 is 5.40. The van der Waals surface area contributed by atoms with E-state index in [-0.39, 0.29) is 0 Å². The third kappa shape index (κ3) is 1.90. The van der Waals surface area contributed by atoms with E-state index in [2.05, 4.69) is 45.9 Å². The standard InChI is InChI=1S/C11H16BrNS/c1-3-13-10(11(2)4-5-11)8-6-14-7-9(8)12/h6-7,10,13H,3-5H2,1-2H3. The van der Waals surface area contributed by atoms with E-state index >= 15 is 0 Å². The average molecular weight is 274 g/mol. The zero-order chi connectivity index (χ0) is 10.2. The van der Waals surface area contributed by atoms with Gasteiger partial charge in [-0.15, -0.1) is 0 Å². The molecule has 1 aliphatic rings. The van der Waals surface area contributed by atoms with Crippen LogP contribution in [0, 0.1) is 5.41 Å². The third-order valence-electron chi connectivity index (χ3n) is 3.10. The van der Waals surface area contributed by atoms with E-state index in [4.69, 9.17) is 0 Å². The van der Waals surface area contributed by atoms with Gasteiger partial charge in [0.15, 0.2) is 0 Å². The van der Waals surface area contributed by atoms with Crippen LogP contribution < -0.4 is 5.32 Å². The van der Waals surface area contributed by atoms with Crippen LogP contribution >= 0.6 is 27.3 Å². The quantitative estimate of drug-likeness (QED) is 0.876. The molecule has 0 spiro atoms. The van der Waals surface area contributed by atoms with E-state index in [0.29, 0.717) is 11.5 Å². The van der Waals surface area contributed by atoms with Gasteiger partial charge in [-0.3, -0.25) is 0 Å². The van der Waals surface area contributed by atoms with Gasteiger partial charge in [0.05, 0.1) is 0 Å². The van der Waals surface area contributed by atoms with Crippen molar-refractivity contribution in [1.82, 2.24) is 5.32 Å². The molecule has 1 aromatic rings. The fraction of sp³-hybridized carbons (Fsp3) is 0.636. The van der Waals surface area contributed by atoms with Crippen LogP contribution in [-0.4, -0.2) is 6.54 Å². The minimum Gasteiger partial charge on any atom is -0.310 e. The molecule has 1 fully saturated rings. The Morgan fingerprint density at radius 2 is 2.29 bits per heavy atom. The van der Waals surface area contributed by atoms with Crippen LogP contribution in [0.15, 0.2) is 15.2 Å². The van der Waals surface area contributed by atoms with Crippen LogP contribution in [-0.2, 0) is 0 Å². The van der Waals surface area contributed by atoms with Gasteiger partial charge in [-0.05, 0) is 51.7 Å². The Morgan fingerprint density at radius 3 is 2.71 bits per heavy atom. The predicted molar refractivity (Wildman–Crippen MR) is 65.8 cm³/mol. The van der Waals surface area contributed by atoms with Crippen molar-refractivity contribution in [3.8, 4) is 0 Å².